The molecule has 1 unspecified atom stereocenters. The van der Waals surface area contributed by atoms with Gasteiger partial charge in [0.25, 0.3) is 0 Å². The fraction of sp³-hybridized carbons (Fsp3) is 0.333. The minimum absolute atomic E-state index is 0.0995. The van der Waals surface area contributed by atoms with Gasteiger partial charge in [-0.05, 0) is 36.0 Å². The summed E-state index contributed by atoms with van der Waals surface area (Å²) in [5, 5.41) is 0. The van der Waals surface area contributed by atoms with Crippen LogP contribution in [-0.2, 0) is 19.3 Å². The fourth-order valence-corrected chi connectivity index (χ4v) is 4.54. The molecule has 0 amide bonds. The second-order valence-corrected chi connectivity index (χ2v) is 8.38. The van der Waals surface area contributed by atoms with Gasteiger partial charge in [-0.15, -0.1) is 0 Å². The summed E-state index contributed by atoms with van der Waals surface area (Å²) >= 11 is 0. The Labute approximate surface area is 187 Å². The summed E-state index contributed by atoms with van der Waals surface area (Å²) in [4.78, 5) is 2.40. The van der Waals surface area contributed by atoms with Gasteiger partial charge in [0.1, 0.15) is 0 Å². The highest BCUT2D eigenvalue weighted by molar-refractivity contribution is 5.26. The lowest BCUT2D eigenvalue weighted by Gasteiger charge is -2.45. The minimum Gasteiger partial charge on any atom is -0.329 e. The van der Waals surface area contributed by atoms with Gasteiger partial charge in [0.15, 0.2) is 0 Å². The molecule has 164 valence electrons. The average Bonchev–Trinajstić information content (AvgIpc) is 2.79. The highest BCUT2D eigenvalue weighted by atomic mass is 15.2. The van der Waals surface area contributed by atoms with Crippen LogP contribution < -0.4 is 17.2 Å². The number of hydrogen-bond donors (Lipinski definition) is 3. The first-order chi connectivity index (χ1) is 15.1. The zero-order chi connectivity index (χ0) is 21.9. The molecule has 6 N–H and O–H groups in total. The molecule has 0 aliphatic carbocycles. The molecular weight excluding hydrogens is 380 g/mol. The molecule has 3 aromatic rings. The standard InChI is InChI=1S/C27H36N4/c28-16-18-31(19-17-29)26(20-23-10-4-1-5-11-23)27(30,21-24-12-6-2-7-13-24)22-25-14-8-3-9-15-25/h1-15,26H,16-22,28-30H2. The minimum atomic E-state index is -0.483. The number of nitrogens with two attached hydrogens (primary N) is 3. The molecule has 4 heteroatoms. The molecule has 0 heterocycles. The lowest BCUT2D eigenvalue weighted by molar-refractivity contribution is 0.122. The molecule has 3 rings (SSSR count). The highest BCUT2D eigenvalue weighted by Crippen LogP contribution is 2.27. The number of nitrogens with zero attached hydrogens (tertiary/aromatic N) is 1. The smallest absolute Gasteiger partial charge is 0.0397 e. The van der Waals surface area contributed by atoms with Gasteiger partial charge in [-0.3, -0.25) is 4.90 Å². The van der Waals surface area contributed by atoms with Crippen LogP contribution in [0.1, 0.15) is 16.7 Å². The molecule has 0 aromatic heterocycles. The van der Waals surface area contributed by atoms with E-state index < -0.39 is 5.54 Å². The summed E-state index contributed by atoms with van der Waals surface area (Å²) in [5.41, 5.74) is 22.7. The summed E-state index contributed by atoms with van der Waals surface area (Å²) in [6.45, 7) is 2.71. The predicted molar refractivity (Wildman–Crippen MR) is 131 cm³/mol. The first-order valence-electron chi connectivity index (χ1n) is 11.2. The van der Waals surface area contributed by atoms with Crippen LogP contribution in [0, 0.1) is 0 Å². The van der Waals surface area contributed by atoms with Crippen molar-refractivity contribution in [3.8, 4) is 0 Å². The molecule has 0 spiro atoms. The van der Waals surface area contributed by atoms with Gasteiger partial charge < -0.3 is 17.2 Å². The van der Waals surface area contributed by atoms with E-state index in [0.717, 1.165) is 32.4 Å². The second-order valence-electron chi connectivity index (χ2n) is 8.38. The molecule has 3 aromatic carbocycles. The van der Waals surface area contributed by atoms with Crippen molar-refractivity contribution >= 4 is 0 Å². The third-order valence-electron chi connectivity index (χ3n) is 5.96. The van der Waals surface area contributed by atoms with E-state index in [1.165, 1.54) is 16.7 Å². The maximum absolute atomic E-state index is 7.39. The van der Waals surface area contributed by atoms with Crippen molar-refractivity contribution in [2.75, 3.05) is 26.2 Å². The SMILES string of the molecule is NCCN(CCN)C(Cc1ccccc1)C(N)(Cc1ccccc1)Cc1ccccc1. The maximum atomic E-state index is 7.39. The van der Waals surface area contributed by atoms with E-state index in [9.17, 15) is 0 Å². The Balaban J connectivity index is 2.02. The molecule has 31 heavy (non-hydrogen) atoms. The van der Waals surface area contributed by atoms with E-state index in [0.29, 0.717) is 13.1 Å². The second kappa shape index (κ2) is 11.8. The number of rotatable bonds is 12. The third-order valence-corrected chi connectivity index (χ3v) is 5.96. The molecule has 1 atom stereocenters. The van der Waals surface area contributed by atoms with Crippen LogP contribution in [0.2, 0.25) is 0 Å². The van der Waals surface area contributed by atoms with Gasteiger partial charge in [0.05, 0.1) is 0 Å². The van der Waals surface area contributed by atoms with E-state index in [1.807, 2.05) is 0 Å². The zero-order valence-corrected chi connectivity index (χ0v) is 18.4. The van der Waals surface area contributed by atoms with Crippen LogP contribution in [-0.4, -0.2) is 42.7 Å². The summed E-state index contributed by atoms with van der Waals surface area (Å²) in [6.07, 6.45) is 2.43. The van der Waals surface area contributed by atoms with E-state index in [4.69, 9.17) is 17.2 Å². The molecule has 0 aliphatic heterocycles. The number of hydrogen-bond acceptors (Lipinski definition) is 4. The summed E-state index contributed by atoms with van der Waals surface area (Å²) in [6, 6.07) is 31.8. The van der Waals surface area contributed by atoms with Crippen molar-refractivity contribution < 1.29 is 0 Å². The number of benzene rings is 3. The monoisotopic (exact) mass is 416 g/mol. The Morgan fingerprint density at radius 2 is 1.00 bits per heavy atom. The molecule has 0 bridgehead atoms. The highest BCUT2D eigenvalue weighted by Gasteiger charge is 2.38. The van der Waals surface area contributed by atoms with Crippen molar-refractivity contribution in [2.24, 2.45) is 17.2 Å². The first-order valence-corrected chi connectivity index (χ1v) is 11.2. The predicted octanol–water partition coefficient (Wildman–Crippen LogP) is 3.00. The lowest BCUT2D eigenvalue weighted by atomic mass is 9.76. The van der Waals surface area contributed by atoms with Crippen molar-refractivity contribution in [3.05, 3.63) is 108 Å². The van der Waals surface area contributed by atoms with Gasteiger partial charge in [0, 0.05) is 37.8 Å². The Morgan fingerprint density at radius 1 is 0.613 bits per heavy atom. The summed E-state index contributed by atoms with van der Waals surface area (Å²) in [5.74, 6) is 0. The molecule has 0 fully saturated rings. The van der Waals surface area contributed by atoms with Gasteiger partial charge in [0.2, 0.25) is 0 Å². The van der Waals surface area contributed by atoms with Crippen LogP contribution in [0.3, 0.4) is 0 Å². The van der Waals surface area contributed by atoms with E-state index in [1.54, 1.807) is 0 Å². The fourth-order valence-electron chi connectivity index (χ4n) is 4.54. The van der Waals surface area contributed by atoms with Gasteiger partial charge in [-0.1, -0.05) is 91.0 Å². The molecule has 0 radical (unpaired) electrons. The Hall–Kier alpha value is -2.50. The van der Waals surface area contributed by atoms with Crippen molar-refractivity contribution in [2.45, 2.75) is 30.8 Å². The zero-order valence-electron chi connectivity index (χ0n) is 18.4. The Kier molecular flexibility index (Phi) is 8.80. The largest absolute Gasteiger partial charge is 0.329 e. The van der Waals surface area contributed by atoms with Crippen LogP contribution >= 0.6 is 0 Å². The van der Waals surface area contributed by atoms with Crippen LogP contribution in [0.15, 0.2) is 91.0 Å². The Morgan fingerprint density at radius 3 is 1.39 bits per heavy atom. The van der Waals surface area contributed by atoms with Crippen molar-refractivity contribution in [1.82, 2.24) is 4.90 Å². The van der Waals surface area contributed by atoms with Gasteiger partial charge in [-0.2, -0.15) is 0 Å². The molecule has 4 nitrogen and oxygen atoms in total. The van der Waals surface area contributed by atoms with E-state index in [2.05, 4.69) is 95.9 Å². The van der Waals surface area contributed by atoms with Crippen LogP contribution in [0.5, 0.6) is 0 Å². The molecule has 0 aliphatic rings. The summed E-state index contributed by atoms with van der Waals surface area (Å²) in [7, 11) is 0. The van der Waals surface area contributed by atoms with Crippen LogP contribution in [0.4, 0.5) is 0 Å². The van der Waals surface area contributed by atoms with E-state index in [-0.39, 0.29) is 6.04 Å². The topological polar surface area (TPSA) is 81.3 Å². The normalized spacial score (nSPS) is 12.8. The molecule has 0 saturated heterocycles. The lowest BCUT2D eigenvalue weighted by Crippen LogP contribution is -2.63. The summed E-state index contributed by atoms with van der Waals surface area (Å²) < 4.78 is 0. The van der Waals surface area contributed by atoms with Crippen molar-refractivity contribution in [1.29, 1.82) is 0 Å². The quantitative estimate of drug-likeness (QED) is 0.424. The average molecular weight is 417 g/mol. The Bertz CT molecular complexity index is 820. The maximum Gasteiger partial charge on any atom is 0.0397 e. The van der Waals surface area contributed by atoms with Gasteiger partial charge in [-0.25, -0.2) is 0 Å². The van der Waals surface area contributed by atoms with Crippen LogP contribution in [0.25, 0.3) is 0 Å². The van der Waals surface area contributed by atoms with Crippen molar-refractivity contribution in [3.63, 3.8) is 0 Å². The first kappa shape index (κ1) is 23.2. The molecular formula is C27H36N4. The molecule has 0 saturated carbocycles. The third kappa shape index (κ3) is 6.74. The van der Waals surface area contributed by atoms with E-state index >= 15 is 0 Å². The van der Waals surface area contributed by atoms with Gasteiger partial charge >= 0.3 is 0 Å².